The van der Waals surface area contributed by atoms with Crippen LogP contribution in [-0.4, -0.2) is 13.0 Å². The molecule has 0 aliphatic heterocycles. The van der Waals surface area contributed by atoms with Gasteiger partial charge in [-0.05, 0) is 0 Å². The molecule has 0 heterocycles. The number of hydrogen-bond acceptors (Lipinski definition) is 2. The molecule has 0 aliphatic rings. The third-order valence-corrected chi connectivity index (χ3v) is 0.276. The first kappa shape index (κ1) is 5.83. The van der Waals surface area contributed by atoms with Crippen molar-refractivity contribution in [2.45, 2.75) is 0 Å². The summed E-state index contributed by atoms with van der Waals surface area (Å²) in [6.45, 7) is 0. The lowest BCUT2D eigenvalue weighted by molar-refractivity contribution is -0.112. The predicted molar refractivity (Wildman–Crippen MR) is 24.0 cm³/mol. The maximum absolute atomic E-state index is 9.73. The normalized spacial score (nSPS) is 5.86. The molecule has 0 radical (unpaired) electrons. The summed E-state index contributed by atoms with van der Waals surface area (Å²) in [4.78, 5) is 9.73. The first-order chi connectivity index (χ1) is 3.27. The van der Waals surface area contributed by atoms with Crippen LogP contribution >= 0.6 is 0 Å². The summed E-state index contributed by atoms with van der Waals surface area (Å²) in [6.07, 6.45) is 2.02. The number of rotatable bonds is 0. The third-order valence-electron chi connectivity index (χ3n) is 0.276. The fourth-order valence-corrected chi connectivity index (χ4v) is 0.101. The molecule has 0 fully saturated rings. The molecule has 0 unspecified atom stereocenters. The van der Waals surface area contributed by atoms with Gasteiger partial charge in [-0.1, -0.05) is 0 Å². The highest BCUT2D eigenvalue weighted by Crippen LogP contribution is 1.53. The number of carbonyl (C=O) groups excluding carboxylic acids is 1. The highest BCUT2D eigenvalue weighted by molar-refractivity contribution is 5.91. The lowest BCUT2D eigenvalue weighted by Crippen LogP contribution is -2.06. The molecule has 3 heteroatoms. The van der Waals surface area contributed by atoms with Crippen LogP contribution in [0, 0.1) is 12.0 Å². The van der Waals surface area contributed by atoms with Crippen LogP contribution in [0.15, 0.2) is 0 Å². The van der Waals surface area contributed by atoms with Crippen molar-refractivity contribution in [3.63, 3.8) is 0 Å². The summed E-state index contributed by atoms with van der Waals surface area (Å²) < 4.78 is 4.19. The van der Waals surface area contributed by atoms with Crippen LogP contribution in [0.4, 0.5) is 0 Å². The van der Waals surface area contributed by atoms with Gasteiger partial charge in [-0.3, -0.25) is 4.79 Å². The van der Waals surface area contributed by atoms with Gasteiger partial charge in [-0.2, -0.15) is 0 Å². The van der Waals surface area contributed by atoms with Crippen LogP contribution in [0.2, 0.25) is 0 Å². The van der Waals surface area contributed by atoms with E-state index in [0.29, 0.717) is 0 Å². The number of hydrogen-bond donors (Lipinski definition) is 1. The van der Waals surface area contributed by atoms with E-state index in [1.165, 1.54) is 7.11 Å². The van der Waals surface area contributed by atoms with E-state index in [0.717, 1.165) is 0 Å². The number of ether oxygens (including phenoxy) is 1. The zero-order valence-electron chi connectivity index (χ0n) is 3.89. The van der Waals surface area contributed by atoms with Crippen LogP contribution in [0.1, 0.15) is 0 Å². The summed E-state index contributed by atoms with van der Waals surface area (Å²) in [6, 6.07) is 0. The van der Waals surface area contributed by atoms with Crippen LogP contribution in [-0.2, 0) is 9.53 Å². The lowest BCUT2D eigenvalue weighted by Gasteiger charge is -1.73. The molecule has 1 amide bonds. The number of carbonyl (C=O) groups is 1. The van der Waals surface area contributed by atoms with Gasteiger partial charge in [0.2, 0.25) is 0 Å². The zero-order chi connectivity index (χ0) is 5.70. The molecule has 0 rings (SSSR count). The van der Waals surface area contributed by atoms with Gasteiger partial charge in [0.1, 0.15) is 6.11 Å². The van der Waals surface area contributed by atoms with Crippen molar-refractivity contribution in [1.29, 1.82) is 0 Å². The van der Waals surface area contributed by atoms with Crippen LogP contribution in [0.3, 0.4) is 0 Å². The molecule has 0 aromatic rings. The van der Waals surface area contributed by atoms with Crippen LogP contribution in [0.5, 0.6) is 0 Å². The molecule has 0 aromatic heterocycles. The minimum absolute atomic E-state index is 0.679. The average Bonchev–Trinajstić information content (AvgIpc) is 1.61. The molecule has 0 bridgehead atoms. The Kier molecular flexibility index (Phi) is 2.53. The molecule has 0 spiro atoms. The molecule has 0 saturated carbocycles. The average molecular weight is 99.1 g/mol. The monoisotopic (exact) mass is 99.0 g/mol. The molecule has 0 saturated heterocycles. The molecule has 38 valence electrons. The molecule has 0 atom stereocenters. The van der Waals surface area contributed by atoms with E-state index >= 15 is 0 Å². The Labute approximate surface area is 41.4 Å². The van der Waals surface area contributed by atoms with Crippen molar-refractivity contribution < 1.29 is 9.53 Å². The fraction of sp³-hybridized carbons (Fsp3) is 0.250. The zero-order valence-corrected chi connectivity index (χ0v) is 3.89. The second-order valence-corrected chi connectivity index (χ2v) is 0.795. The Balaban J connectivity index is 3.45. The summed E-state index contributed by atoms with van der Waals surface area (Å²) in [5, 5.41) is 0. The van der Waals surface area contributed by atoms with Gasteiger partial charge in [0.05, 0.1) is 7.11 Å². The maximum Gasteiger partial charge on any atom is 0.296 e. The SMILES string of the molecule is COC#CC(N)=O. The van der Waals surface area contributed by atoms with Crippen LogP contribution < -0.4 is 5.73 Å². The number of primary amides is 1. The summed E-state index contributed by atoms with van der Waals surface area (Å²) in [5.74, 6) is 1.28. The quantitative estimate of drug-likeness (QED) is 0.399. The second kappa shape index (κ2) is 3.04. The standard InChI is InChI=1S/C4H5NO2/c1-7-3-2-4(5)6/h1H3,(H2,5,6). The van der Waals surface area contributed by atoms with Gasteiger partial charge in [0.25, 0.3) is 5.91 Å². The molecule has 7 heavy (non-hydrogen) atoms. The molecule has 0 aliphatic carbocycles. The molecule has 3 nitrogen and oxygen atoms in total. The van der Waals surface area contributed by atoms with Crippen molar-refractivity contribution in [2.24, 2.45) is 5.73 Å². The predicted octanol–water partition coefficient (Wildman–Crippen LogP) is -0.921. The number of methoxy groups -OCH3 is 1. The van der Waals surface area contributed by atoms with Crippen molar-refractivity contribution in [3.8, 4) is 12.0 Å². The van der Waals surface area contributed by atoms with Gasteiger partial charge < -0.3 is 10.5 Å². The largest absolute Gasteiger partial charge is 0.450 e. The fourth-order valence-electron chi connectivity index (χ4n) is 0.101. The maximum atomic E-state index is 9.73. The van der Waals surface area contributed by atoms with E-state index in [4.69, 9.17) is 0 Å². The topological polar surface area (TPSA) is 52.3 Å². The molecule has 0 aromatic carbocycles. The Hall–Kier alpha value is -1.17. The van der Waals surface area contributed by atoms with Gasteiger partial charge >= 0.3 is 0 Å². The highest BCUT2D eigenvalue weighted by atomic mass is 16.5. The molecular formula is C4H5NO2. The number of amides is 1. The van der Waals surface area contributed by atoms with E-state index in [1.807, 2.05) is 12.0 Å². The van der Waals surface area contributed by atoms with E-state index < -0.39 is 5.91 Å². The Morgan fingerprint density at radius 1 is 1.86 bits per heavy atom. The van der Waals surface area contributed by atoms with E-state index in [2.05, 4.69) is 10.5 Å². The van der Waals surface area contributed by atoms with Gasteiger partial charge in [-0.15, -0.1) is 0 Å². The summed E-state index contributed by atoms with van der Waals surface area (Å²) in [5.41, 5.74) is 4.59. The highest BCUT2D eigenvalue weighted by Gasteiger charge is 1.75. The molecule has 2 N–H and O–H groups in total. The molecular weight excluding hydrogens is 94.0 g/mol. The van der Waals surface area contributed by atoms with E-state index in [1.54, 1.807) is 0 Å². The van der Waals surface area contributed by atoms with Crippen molar-refractivity contribution in [2.75, 3.05) is 7.11 Å². The van der Waals surface area contributed by atoms with Gasteiger partial charge in [0, 0.05) is 5.92 Å². The van der Waals surface area contributed by atoms with Crippen molar-refractivity contribution in [1.82, 2.24) is 0 Å². The Bertz CT molecular complexity index is 119. The van der Waals surface area contributed by atoms with Gasteiger partial charge in [-0.25, -0.2) is 0 Å². The van der Waals surface area contributed by atoms with Gasteiger partial charge in [0.15, 0.2) is 0 Å². The minimum atomic E-state index is -0.679. The smallest absolute Gasteiger partial charge is 0.296 e. The summed E-state index contributed by atoms with van der Waals surface area (Å²) in [7, 11) is 1.36. The first-order valence-electron chi connectivity index (χ1n) is 1.61. The first-order valence-corrected chi connectivity index (χ1v) is 1.61. The number of nitrogens with two attached hydrogens (primary N) is 1. The van der Waals surface area contributed by atoms with E-state index in [9.17, 15) is 4.79 Å². The third kappa shape index (κ3) is 4.83. The lowest BCUT2D eigenvalue weighted by atomic mass is 10.7. The Morgan fingerprint density at radius 2 is 2.43 bits per heavy atom. The summed E-state index contributed by atoms with van der Waals surface area (Å²) >= 11 is 0. The van der Waals surface area contributed by atoms with Crippen LogP contribution in [0.25, 0.3) is 0 Å². The van der Waals surface area contributed by atoms with E-state index in [-0.39, 0.29) is 0 Å². The van der Waals surface area contributed by atoms with Crippen molar-refractivity contribution >= 4 is 5.91 Å². The second-order valence-electron chi connectivity index (χ2n) is 0.795. The minimum Gasteiger partial charge on any atom is -0.450 e. The Morgan fingerprint density at radius 3 is 2.57 bits per heavy atom. The van der Waals surface area contributed by atoms with Crippen molar-refractivity contribution in [3.05, 3.63) is 0 Å².